The van der Waals surface area contributed by atoms with Gasteiger partial charge in [0.2, 0.25) is 15.9 Å². The Balaban J connectivity index is 0.00000441. The van der Waals surface area contributed by atoms with Gasteiger partial charge in [-0.2, -0.15) is 0 Å². The number of nitrogens with one attached hydrogen (secondary N) is 1. The number of hydrogen-bond donors (Lipinski definition) is 3. The fourth-order valence-electron chi connectivity index (χ4n) is 2.00. The van der Waals surface area contributed by atoms with Crippen LogP contribution in [0, 0.1) is 6.92 Å². The zero-order valence-electron chi connectivity index (χ0n) is 12.8. The van der Waals surface area contributed by atoms with Crippen molar-refractivity contribution in [3.63, 3.8) is 0 Å². The molecule has 0 saturated heterocycles. The van der Waals surface area contributed by atoms with E-state index < -0.39 is 15.9 Å². The number of aryl methyl sites for hydroxylation is 1. The molecule has 0 heterocycles. The molecule has 0 saturated carbocycles. The van der Waals surface area contributed by atoms with Crippen LogP contribution in [0.5, 0.6) is 0 Å². The normalized spacial score (nSPS) is 12.5. The highest BCUT2D eigenvalue weighted by Crippen LogP contribution is 2.16. The second-order valence-electron chi connectivity index (χ2n) is 5.04. The number of carbonyl (C=O) groups excluding carboxylic acids is 1. The number of carbonyl (C=O) groups is 1. The van der Waals surface area contributed by atoms with E-state index in [2.05, 4.69) is 4.72 Å². The lowest BCUT2D eigenvalue weighted by Crippen LogP contribution is -2.40. The van der Waals surface area contributed by atoms with Crippen molar-refractivity contribution in [1.82, 2.24) is 4.72 Å². The number of halogens is 1. The minimum absolute atomic E-state index is 0. The van der Waals surface area contributed by atoms with Crippen LogP contribution in [0.4, 0.5) is 0 Å². The number of unbranched alkanes of at least 4 members (excludes halogenated alkanes) is 1. The third-order valence-corrected chi connectivity index (χ3v) is 4.82. The SMILES string of the molecule is CCCCC(CN)NS(=O)(=O)c1ccc(C)c(C(N)=O)c1.Cl. The number of benzene rings is 1. The summed E-state index contributed by atoms with van der Waals surface area (Å²) in [5.74, 6) is -0.647. The Morgan fingerprint density at radius 3 is 2.50 bits per heavy atom. The lowest BCUT2D eigenvalue weighted by molar-refractivity contribution is 0.0999. The van der Waals surface area contributed by atoms with Crippen LogP contribution in [0.1, 0.15) is 42.1 Å². The number of primary amides is 1. The van der Waals surface area contributed by atoms with Crippen LogP contribution in [-0.2, 0) is 10.0 Å². The second kappa shape index (κ2) is 9.09. The van der Waals surface area contributed by atoms with Crippen molar-refractivity contribution in [2.45, 2.75) is 44.0 Å². The number of amides is 1. The summed E-state index contributed by atoms with van der Waals surface area (Å²) in [6, 6.07) is 4.01. The predicted molar refractivity (Wildman–Crippen MR) is 89.6 cm³/mol. The van der Waals surface area contributed by atoms with Crippen LogP contribution < -0.4 is 16.2 Å². The average Bonchev–Trinajstić information content (AvgIpc) is 2.43. The lowest BCUT2D eigenvalue weighted by Gasteiger charge is -2.17. The number of hydrogen-bond acceptors (Lipinski definition) is 4. The van der Waals surface area contributed by atoms with E-state index in [4.69, 9.17) is 11.5 Å². The summed E-state index contributed by atoms with van der Waals surface area (Å²) >= 11 is 0. The molecule has 6 nitrogen and oxygen atoms in total. The maximum atomic E-state index is 12.3. The van der Waals surface area contributed by atoms with Gasteiger partial charge in [0.15, 0.2) is 0 Å². The maximum Gasteiger partial charge on any atom is 0.249 e. The Morgan fingerprint density at radius 1 is 1.36 bits per heavy atom. The first kappa shape index (κ1) is 20.9. The molecule has 1 aromatic carbocycles. The molecule has 126 valence electrons. The standard InChI is InChI=1S/C14H23N3O3S.ClH/c1-3-4-5-11(9-15)17-21(19,20)12-7-6-10(2)13(8-12)14(16)18;/h6-8,11,17H,3-5,9,15H2,1-2H3,(H2,16,18);1H. The molecular formula is C14H24ClN3O3S. The molecule has 1 amide bonds. The van der Waals surface area contributed by atoms with Gasteiger partial charge in [-0.05, 0) is 31.0 Å². The van der Waals surface area contributed by atoms with Gasteiger partial charge in [0, 0.05) is 18.2 Å². The number of sulfonamides is 1. The van der Waals surface area contributed by atoms with Gasteiger partial charge in [0.05, 0.1) is 4.90 Å². The lowest BCUT2D eigenvalue weighted by atomic mass is 10.1. The molecule has 22 heavy (non-hydrogen) atoms. The number of nitrogens with two attached hydrogens (primary N) is 2. The fourth-order valence-corrected chi connectivity index (χ4v) is 3.31. The van der Waals surface area contributed by atoms with Crippen molar-refractivity contribution in [2.75, 3.05) is 6.54 Å². The van der Waals surface area contributed by atoms with E-state index >= 15 is 0 Å². The van der Waals surface area contributed by atoms with E-state index in [-0.39, 0.29) is 35.5 Å². The zero-order chi connectivity index (χ0) is 16.0. The molecule has 0 aliphatic heterocycles. The summed E-state index contributed by atoms with van der Waals surface area (Å²) < 4.78 is 27.2. The number of rotatable bonds is 8. The summed E-state index contributed by atoms with van der Waals surface area (Å²) in [6.07, 6.45) is 2.54. The molecule has 1 unspecified atom stereocenters. The summed E-state index contributed by atoms with van der Waals surface area (Å²) in [5, 5.41) is 0. The van der Waals surface area contributed by atoms with E-state index in [1.165, 1.54) is 12.1 Å². The molecule has 0 radical (unpaired) electrons. The van der Waals surface area contributed by atoms with Gasteiger partial charge in [0.1, 0.15) is 0 Å². The Labute approximate surface area is 138 Å². The van der Waals surface area contributed by atoms with Crippen molar-refractivity contribution in [3.05, 3.63) is 29.3 Å². The Bertz CT molecular complexity index is 605. The monoisotopic (exact) mass is 349 g/mol. The van der Waals surface area contributed by atoms with Gasteiger partial charge in [-0.25, -0.2) is 13.1 Å². The van der Waals surface area contributed by atoms with Crippen LogP contribution in [0.3, 0.4) is 0 Å². The molecule has 8 heteroatoms. The van der Waals surface area contributed by atoms with Gasteiger partial charge >= 0.3 is 0 Å². The van der Waals surface area contributed by atoms with E-state index in [0.717, 1.165) is 12.8 Å². The van der Waals surface area contributed by atoms with Gasteiger partial charge in [0.25, 0.3) is 0 Å². The van der Waals surface area contributed by atoms with Gasteiger partial charge in [-0.3, -0.25) is 4.79 Å². The highest BCUT2D eigenvalue weighted by molar-refractivity contribution is 7.89. The second-order valence-corrected chi connectivity index (χ2v) is 6.75. The highest BCUT2D eigenvalue weighted by atomic mass is 35.5. The Morgan fingerprint density at radius 2 is 2.00 bits per heavy atom. The van der Waals surface area contributed by atoms with Crippen molar-refractivity contribution >= 4 is 28.3 Å². The van der Waals surface area contributed by atoms with Gasteiger partial charge < -0.3 is 11.5 Å². The highest BCUT2D eigenvalue weighted by Gasteiger charge is 2.20. The molecule has 1 aromatic rings. The molecule has 0 aliphatic carbocycles. The van der Waals surface area contributed by atoms with E-state index in [9.17, 15) is 13.2 Å². The van der Waals surface area contributed by atoms with Crippen molar-refractivity contribution < 1.29 is 13.2 Å². The molecule has 0 fully saturated rings. The van der Waals surface area contributed by atoms with Gasteiger partial charge in [-0.15, -0.1) is 12.4 Å². The largest absolute Gasteiger partial charge is 0.366 e. The third-order valence-electron chi connectivity index (χ3n) is 3.30. The maximum absolute atomic E-state index is 12.3. The van der Waals surface area contributed by atoms with E-state index in [1.54, 1.807) is 13.0 Å². The first-order valence-corrected chi connectivity index (χ1v) is 8.43. The van der Waals surface area contributed by atoms with E-state index in [0.29, 0.717) is 12.0 Å². The Kier molecular flexibility index (Phi) is 8.62. The average molecular weight is 350 g/mol. The summed E-state index contributed by atoms with van der Waals surface area (Å²) in [6.45, 7) is 3.96. The molecule has 0 aromatic heterocycles. The molecular weight excluding hydrogens is 326 g/mol. The van der Waals surface area contributed by atoms with Crippen molar-refractivity contribution in [1.29, 1.82) is 0 Å². The molecule has 0 aliphatic rings. The van der Waals surface area contributed by atoms with Crippen LogP contribution in [0.2, 0.25) is 0 Å². The van der Waals surface area contributed by atoms with Crippen molar-refractivity contribution in [2.24, 2.45) is 11.5 Å². The first-order chi connectivity index (χ1) is 9.81. The summed E-state index contributed by atoms with van der Waals surface area (Å²) in [7, 11) is -3.71. The topological polar surface area (TPSA) is 115 Å². The molecule has 5 N–H and O–H groups in total. The minimum atomic E-state index is -3.71. The van der Waals surface area contributed by atoms with Crippen molar-refractivity contribution in [3.8, 4) is 0 Å². The first-order valence-electron chi connectivity index (χ1n) is 6.94. The smallest absolute Gasteiger partial charge is 0.249 e. The molecule has 0 spiro atoms. The fraction of sp³-hybridized carbons (Fsp3) is 0.500. The summed E-state index contributed by atoms with van der Waals surface area (Å²) in [5.41, 5.74) is 11.7. The van der Waals surface area contributed by atoms with E-state index in [1.807, 2.05) is 6.92 Å². The van der Waals surface area contributed by atoms with Gasteiger partial charge in [-0.1, -0.05) is 25.8 Å². The summed E-state index contributed by atoms with van der Waals surface area (Å²) in [4.78, 5) is 11.3. The molecule has 1 rings (SSSR count). The van der Waals surface area contributed by atoms with Crippen LogP contribution >= 0.6 is 12.4 Å². The zero-order valence-corrected chi connectivity index (χ0v) is 14.5. The third kappa shape index (κ3) is 5.57. The Hall–Kier alpha value is -1.15. The molecule has 1 atom stereocenters. The quantitative estimate of drug-likeness (QED) is 0.656. The minimum Gasteiger partial charge on any atom is -0.366 e. The van der Waals surface area contributed by atoms with Crippen LogP contribution in [0.25, 0.3) is 0 Å². The van der Waals surface area contributed by atoms with Crippen LogP contribution in [-0.4, -0.2) is 26.9 Å². The predicted octanol–water partition coefficient (Wildman–Crippen LogP) is 1.31. The van der Waals surface area contributed by atoms with Crippen LogP contribution in [0.15, 0.2) is 23.1 Å². The molecule has 0 bridgehead atoms.